The number of aromatic hydroxyl groups is 1. The molecule has 0 atom stereocenters. The first-order valence-corrected chi connectivity index (χ1v) is 6.14. The van der Waals surface area contributed by atoms with Gasteiger partial charge in [-0.05, 0) is 42.8 Å². The van der Waals surface area contributed by atoms with Crippen molar-refractivity contribution in [3.05, 3.63) is 47.8 Å². The number of aromatic nitrogens is 2. The number of hydrogen-bond acceptors (Lipinski definition) is 3. The number of nitrogens with two attached hydrogens (primary N) is 1. The highest BCUT2D eigenvalue weighted by Crippen LogP contribution is 2.31. The number of primary amides is 1. The zero-order valence-corrected chi connectivity index (χ0v) is 10.8. The van der Waals surface area contributed by atoms with Gasteiger partial charge in [-0.15, -0.1) is 0 Å². The molecule has 20 heavy (non-hydrogen) atoms. The first kappa shape index (κ1) is 12.2. The molecule has 1 heterocycles. The third-order valence-electron chi connectivity index (χ3n) is 3.19. The SMILES string of the molecule is Cc1nc2ccc(-c3cc(C(N)=O)ccc3O)cc2[nH]1. The largest absolute Gasteiger partial charge is 0.507 e. The highest BCUT2D eigenvalue weighted by molar-refractivity contribution is 5.95. The summed E-state index contributed by atoms with van der Waals surface area (Å²) in [7, 11) is 0. The number of H-pyrrole nitrogens is 1. The second-order valence-electron chi connectivity index (χ2n) is 4.65. The quantitative estimate of drug-likeness (QED) is 0.665. The number of fused-ring (bicyclic) bond motifs is 1. The first-order chi connectivity index (χ1) is 9.54. The number of hydrogen-bond donors (Lipinski definition) is 3. The number of rotatable bonds is 2. The lowest BCUT2D eigenvalue weighted by molar-refractivity contribution is 0.100. The lowest BCUT2D eigenvalue weighted by Crippen LogP contribution is -2.10. The number of aryl methyl sites for hydroxylation is 1. The Morgan fingerprint density at radius 2 is 2.05 bits per heavy atom. The average Bonchev–Trinajstić information content (AvgIpc) is 2.78. The van der Waals surface area contributed by atoms with Crippen LogP contribution in [-0.4, -0.2) is 21.0 Å². The molecule has 3 aromatic rings. The molecule has 1 amide bonds. The molecule has 5 nitrogen and oxygen atoms in total. The maximum absolute atomic E-state index is 11.2. The van der Waals surface area contributed by atoms with Crippen molar-refractivity contribution in [2.75, 3.05) is 0 Å². The van der Waals surface area contributed by atoms with Crippen LogP contribution in [-0.2, 0) is 0 Å². The Labute approximate surface area is 115 Å². The van der Waals surface area contributed by atoms with Gasteiger partial charge in [-0.3, -0.25) is 4.79 Å². The zero-order chi connectivity index (χ0) is 14.3. The van der Waals surface area contributed by atoms with E-state index in [0.717, 1.165) is 22.4 Å². The van der Waals surface area contributed by atoms with E-state index in [1.165, 1.54) is 12.1 Å². The monoisotopic (exact) mass is 267 g/mol. The molecule has 0 radical (unpaired) electrons. The molecule has 3 rings (SSSR count). The predicted octanol–water partition coefficient (Wildman–Crippen LogP) is 2.34. The Morgan fingerprint density at radius 3 is 2.80 bits per heavy atom. The maximum Gasteiger partial charge on any atom is 0.248 e. The summed E-state index contributed by atoms with van der Waals surface area (Å²) in [5.41, 5.74) is 8.72. The van der Waals surface area contributed by atoms with Crippen LogP contribution in [0, 0.1) is 6.92 Å². The molecule has 0 spiro atoms. The van der Waals surface area contributed by atoms with Crippen LogP contribution in [0.15, 0.2) is 36.4 Å². The van der Waals surface area contributed by atoms with Gasteiger partial charge < -0.3 is 15.8 Å². The van der Waals surface area contributed by atoms with Gasteiger partial charge in [-0.2, -0.15) is 0 Å². The minimum Gasteiger partial charge on any atom is -0.507 e. The highest BCUT2D eigenvalue weighted by Gasteiger charge is 2.10. The minimum atomic E-state index is -0.523. The van der Waals surface area contributed by atoms with Crippen molar-refractivity contribution in [1.29, 1.82) is 0 Å². The van der Waals surface area contributed by atoms with Crippen molar-refractivity contribution in [2.45, 2.75) is 6.92 Å². The molecular weight excluding hydrogens is 254 g/mol. The molecule has 0 saturated carbocycles. The fraction of sp³-hybridized carbons (Fsp3) is 0.0667. The third-order valence-corrected chi connectivity index (χ3v) is 3.19. The third kappa shape index (κ3) is 1.99. The van der Waals surface area contributed by atoms with Crippen LogP contribution in [0.2, 0.25) is 0 Å². The molecule has 0 aliphatic rings. The van der Waals surface area contributed by atoms with Crippen molar-refractivity contribution in [3.8, 4) is 16.9 Å². The maximum atomic E-state index is 11.2. The van der Waals surface area contributed by atoms with Crippen LogP contribution in [0.5, 0.6) is 5.75 Å². The van der Waals surface area contributed by atoms with E-state index in [9.17, 15) is 9.90 Å². The number of amides is 1. The fourth-order valence-corrected chi connectivity index (χ4v) is 2.23. The summed E-state index contributed by atoms with van der Waals surface area (Å²) in [4.78, 5) is 18.7. The summed E-state index contributed by atoms with van der Waals surface area (Å²) < 4.78 is 0. The molecule has 2 aromatic carbocycles. The first-order valence-electron chi connectivity index (χ1n) is 6.14. The lowest BCUT2D eigenvalue weighted by atomic mass is 10.0. The summed E-state index contributed by atoms with van der Waals surface area (Å²) in [6.45, 7) is 1.88. The van der Waals surface area contributed by atoms with Gasteiger partial charge in [0.25, 0.3) is 0 Å². The summed E-state index contributed by atoms with van der Waals surface area (Å²) in [5, 5.41) is 9.97. The average molecular weight is 267 g/mol. The number of nitrogens with zero attached hydrogens (tertiary/aromatic N) is 1. The van der Waals surface area contributed by atoms with E-state index in [2.05, 4.69) is 9.97 Å². The number of nitrogens with one attached hydrogen (secondary N) is 1. The Kier molecular flexibility index (Phi) is 2.68. The van der Waals surface area contributed by atoms with Crippen molar-refractivity contribution < 1.29 is 9.90 Å². The molecule has 0 aliphatic heterocycles. The normalized spacial score (nSPS) is 10.8. The lowest BCUT2D eigenvalue weighted by Gasteiger charge is -2.06. The Balaban J connectivity index is 2.18. The fourth-order valence-electron chi connectivity index (χ4n) is 2.23. The number of aromatic amines is 1. The van der Waals surface area contributed by atoms with Gasteiger partial charge in [0.05, 0.1) is 11.0 Å². The van der Waals surface area contributed by atoms with Crippen molar-refractivity contribution in [3.63, 3.8) is 0 Å². The number of carbonyl (C=O) groups excluding carboxylic acids is 1. The van der Waals surface area contributed by atoms with Gasteiger partial charge >= 0.3 is 0 Å². The van der Waals surface area contributed by atoms with E-state index >= 15 is 0 Å². The van der Waals surface area contributed by atoms with E-state index in [4.69, 9.17) is 5.73 Å². The van der Waals surface area contributed by atoms with E-state index in [-0.39, 0.29) is 5.75 Å². The van der Waals surface area contributed by atoms with Gasteiger partial charge in [-0.1, -0.05) is 6.07 Å². The molecule has 5 heteroatoms. The molecule has 0 saturated heterocycles. The topological polar surface area (TPSA) is 92.0 Å². The Morgan fingerprint density at radius 1 is 1.25 bits per heavy atom. The molecule has 0 aliphatic carbocycles. The van der Waals surface area contributed by atoms with Crippen LogP contribution in [0.25, 0.3) is 22.2 Å². The standard InChI is InChI=1S/C15H13N3O2/c1-8-17-12-4-2-9(7-13(12)18-8)11-6-10(15(16)20)3-5-14(11)19/h2-7,19H,1H3,(H2,16,20)(H,17,18). The van der Waals surface area contributed by atoms with Gasteiger partial charge in [0, 0.05) is 11.1 Å². The number of phenols is 1. The number of imidazole rings is 1. The zero-order valence-electron chi connectivity index (χ0n) is 10.8. The predicted molar refractivity (Wildman–Crippen MR) is 76.4 cm³/mol. The van der Waals surface area contributed by atoms with Crippen LogP contribution in [0.1, 0.15) is 16.2 Å². The molecule has 4 N–H and O–H groups in total. The van der Waals surface area contributed by atoms with E-state index in [0.29, 0.717) is 11.1 Å². The molecule has 1 aromatic heterocycles. The van der Waals surface area contributed by atoms with Gasteiger partial charge in [-0.25, -0.2) is 4.98 Å². The molecule has 100 valence electrons. The van der Waals surface area contributed by atoms with Crippen LogP contribution < -0.4 is 5.73 Å². The van der Waals surface area contributed by atoms with E-state index in [1.807, 2.05) is 25.1 Å². The van der Waals surface area contributed by atoms with Crippen LogP contribution in [0.4, 0.5) is 0 Å². The number of benzene rings is 2. The summed E-state index contributed by atoms with van der Waals surface area (Å²) in [5.74, 6) is 0.405. The van der Waals surface area contributed by atoms with Gasteiger partial charge in [0.15, 0.2) is 0 Å². The smallest absolute Gasteiger partial charge is 0.248 e. The van der Waals surface area contributed by atoms with E-state index in [1.54, 1.807) is 6.07 Å². The highest BCUT2D eigenvalue weighted by atomic mass is 16.3. The van der Waals surface area contributed by atoms with Gasteiger partial charge in [0.1, 0.15) is 11.6 Å². The summed E-state index contributed by atoms with van der Waals surface area (Å²) in [6, 6.07) is 10.2. The molecular formula is C15H13N3O2. The van der Waals surface area contributed by atoms with Crippen LogP contribution in [0.3, 0.4) is 0 Å². The molecule has 0 bridgehead atoms. The molecule has 0 unspecified atom stereocenters. The van der Waals surface area contributed by atoms with Crippen LogP contribution >= 0.6 is 0 Å². The Hall–Kier alpha value is -2.82. The number of phenolic OH excluding ortho intramolecular Hbond substituents is 1. The molecule has 0 fully saturated rings. The second-order valence-corrected chi connectivity index (χ2v) is 4.65. The Bertz CT molecular complexity index is 821. The van der Waals surface area contributed by atoms with E-state index < -0.39 is 5.91 Å². The summed E-state index contributed by atoms with van der Waals surface area (Å²) in [6.07, 6.45) is 0. The number of carbonyl (C=O) groups is 1. The van der Waals surface area contributed by atoms with Crippen molar-refractivity contribution in [1.82, 2.24) is 9.97 Å². The second kappa shape index (κ2) is 4.38. The van der Waals surface area contributed by atoms with Crippen molar-refractivity contribution >= 4 is 16.9 Å². The summed E-state index contributed by atoms with van der Waals surface area (Å²) >= 11 is 0. The minimum absolute atomic E-state index is 0.102. The van der Waals surface area contributed by atoms with Crippen molar-refractivity contribution in [2.24, 2.45) is 5.73 Å². The van der Waals surface area contributed by atoms with Gasteiger partial charge in [0.2, 0.25) is 5.91 Å².